The smallest absolute Gasteiger partial charge is 0.325 e. The molecule has 132 valence electrons. The van der Waals surface area contributed by atoms with Gasteiger partial charge in [-0.2, -0.15) is 5.26 Å². The summed E-state index contributed by atoms with van der Waals surface area (Å²) < 4.78 is 15.7. The van der Waals surface area contributed by atoms with Gasteiger partial charge in [-0.3, -0.25) is 14.2 Å². The lowest BCUT2D eigenvalue weighted by Gasteiger charge is -2.27. The number of Topliss-reactive ketones (excluding diaryl/α,β-unsaturated/α-hetero) is 1. The van der Waals surface area contributed by atoms with Gasteiger partial charge in [0.25, 0.3) is 0 Å². The van der Waals surface area contributed by atoms with Gasteiger partial charge in [0, 0.05) is 12.3 Å². The fraction of sp³-hybridized carbons (Fsp3) is 0.800. The van der Waals surface area contributed by atoms with Crippen LogP contribution < -0.4 is 0 Å². The maximum atomic E-state index is 12.1. The van der Waals surface area contributed by atoms with Crippen molar-refractivity contribution in [3.63, 3.8) is 0 Å². The zero-order chi connectivity index (χ0) is 18.3. The normalized spacial score (nSPS) is 16.7. The fourth-order valence-electron chi connectivity index (χ4n) is 2.48. The molecule has 0 fully saturated rings. The zero-order valence-electron chi connectivity index (χ0n) is 14.1. The van der Waals surface area contributed by atoms with Gasteiger partial charge in [0.15, 0.2) is 0 Å². The molecule has 2 N–H and O–H groups in total. The minimum atomic E-state index is -4.21. The summed E-state index contributed by atoms with van der Waals surface area (Å²) in [6.07, 6.45) is 0.285. The summed E-state index contributed by atoms with van der Waals surface area (Å²) in [5.41, 5.74) is -1.04. The molecule has 0 aromatic heterocycles. The van der Waals surface area contributed by atoms with Gasteiger partial charge in [0.2, 0.25) is 0 Å². The number of hydrogen-bond acceptors (Lipinski definition) is 5. The molecule has 0 aliphatic rings. The highest BCUT2D eigenvalue weighted by Crippen LogP contribution is 2.41. The molecule has 0 radical (unpaired) electrons. The first-order valence-electron chi connectivity index (χ1n) is 7.54. The summed E-state index contributed by atoms with van der Waals surface area (Å²) in [6.45, 7) is 4.94. The van der Waals surface area contributed by atoms with E-state index in [4.69, 9.17) is 9.79 Å². The molecule has 0 aliphatic carbocycles. The first kappa shape index (κ1) is 21.8. The Morgan fingerprint density at radius 3 is 2.35 bits per heavy atom. The molecule has 7 nitrogen and oxygen atoms in total. The standard InChI is InChI=1S/C15H26NO6P/c1-5-13(17)12(8-11(2)14(18)22-4)9-15(3,10-16)6-7-23(19,20)21/h11-12H,5-9H2,1-4H3,(H2,19,20,21). The third-order valence-corrected chi connectivity index (χ3v) is 4.77. The Kier molecular flexibility index (Phi) is 8.68. The van der Waals surface area contributed by atoms with Crippen LogP contribution in [0.3, 0.4) is 0 Å². The lowest BCUT2D eigenvalue weighted by molar-refractivity contribution is -0.145. The van der Waals surface area contributed by atoms with Crippen LogP contribution in [0.25, 0.3) is 0 Å². The number of rotatable bonds is 10. The van der Waals surface area contributed by atoms with Crippen molar-refractivity contribution in [3.8, 4) is 6.07 Å². The van der Waals surface area contributed by atoms with Crippen molar-refractivity contribution in [1.82, 2.24) is 0 Å². The molecule has 3 atom stereocenters. The highest BCUT2D eigenvalue weighted by molar-refractivity contribution is 7.51. The van der Waals surface area contributed by atoms with Crippen LogP contribution in [0.4, 0.5) is 0 Å². The van der Waals surface area contributed by atoms with Crippen LogP contribution in [-0.2, 0) is 18.9 Å². The molecule has 0 amide bonds. The molecule has 0 bridgehead atoms. The van der Waals surface area contributed by atoms with Crippen molar-refractivity contribution in [2.24, 2.45) is 17.3 Å². The summed E-state index contributed by atoms with van der Waals surface area (Å²) in [7, 11) is -2.93. The number of methoxy groups -OCH3 is 1. The highest BCUT2D eigenvalue weighted by atomic mass is 31.2. The van der Waals surface area contributed by atoms with E-state index in [2.05, 4.69) is 10.8 Å². The molecule has 0 saturated carbocycles. The summed E-state index contributed by atoms with van der Waals surface area (Å²) in [6, 6.07) is 2.07. The van der Waals surface area contributed by atoms with Crippen LogP contribution in [0, 0.1) is 28.6 Å². The van der Waals surface area contributed by atoms with Crippen LogP contribution in [0.15, 0.2) is 0 Å². The Labute approximate surface area is 137 Å². The SMILES string of the molecule is CCC(=O)C(CC(C)C(=O)OC)CC(C)(C#N)CCP(=O)(O)O. The number of ether oxygens (including phenoxy) is 1. The number of ketones is 1. The molecule has 0 saturated heterocycles. The predicted molar refractivity (Wildman–Crippen MR) is 84.5 cm³/mol. The van der Waals surface area contributed by atoms with Crippen LogP contribution in [0.5, 0.6) is 0 Å². The third-order valence-electron chi connectivity index (χ3n) is 3.97. The Morgan fingerprint density at radius 2 is 1.96 bits per heavy atom. The Balaban J connectivity index is 5.11. The van der Waals surface area contributed by atoms with Crippen molar-refractivity contribution in [2.45, 2.75) is 46.5 Å². The fourth-order valence-corrected chi connectivity index (χ4v) is 3.27. The van der Waals surface area contributed by atoms with E-state index in [1.54, 1.807) is 20.8 Å². The number of carbonyl (C=O) groups is 2. The summed E-state index contributed by atoms with van der Waals surface area (Å²) in [4.78, 5) is 41.7. The Hall–Kier alpha value is -1.22. The summed E-state index contributed by atoms with van der Waals surface area (Å²) in [5, 5.41) is 9.37. The monoisotopic (exact) mass is 347 g/mol. The largest absolute Gasteiger partial charge is 0.469 e. The Morgan fingerprint density at radius 1 is 1.39 bits per heavy atom. The van der Waals surface area contributed by atoms with Crippen LogP contribution in [0.2, 0.25) is 0 Å². The number of carbonyl (C=O) groups excluding carboxylic acids is 2. The maximum absolute atomic E-state index is 12.1. The number of nitrogens with zero attached hydrogens (tertiary/aromatic N) is 1. The first-order chi connectivity index (χ1) is 10.5. The molecule has 8 heteroatoms. The summed E-state index contributed by atoms with van der Waals surface area (Å²) in [5.74, 6) is -1.49. The number of hydrogen-bond donors (Lipinski definition) is 2. The van der Waals surface area contributed by atoms with E-state index in [-0.39, 0.29) is 31.5 Å². The lowest BCUT2D eigenvalue weighted by Crippen LogP contribution is -2.28. The van der Waals surface area contributed by atoms with Crippen LogP contribution >= 0.6 is 7.60 Å². The van der Waals surface area contributed by atoms with Gasteiger partial charge in [-0.15, -0.1) is 0 Å². The average Bonchev–Trinajstić information content (AvgIpc) is 2.49. The number of esters is 1. The predicted octanol–water partition coefficient (Wildman–Crippen LogP) is 2.27. The summed E-state index contributed by atoms with van der Waals surface area (Å²) >= 11 is 0. The molecule has 0 aromatic rings. The van der Waals surface area contributed by atoms with Crippen LogP contribution in [-0.4, -0.2) is 34.8 Å². The van der Waals surface area contributed by atoms with E-state index in [0.29, 0.717) is 0 Å². The minimum Gasteiger partial charge on any atom is -0.469 e. The minimum absolute atomic E-state index is 0.00607. The van der Waals surface area contributed by atoms with Gasteiger partial charge in [-0.25, -0.2) is 0 Å². The maximum Gasteiger partial charge on any atom is 0.325 e. The molecule has 0 rings (SSSR count). The Bertz CT molecular complexity index is 509. The average molecular weight is 347 g/mol. The van der Waals surface area contributed by atoms with Gasteiger partial charge in [0.05, 0.1) is 30.7 Å². The van der Waals surface area contributed by atoms with E-state index in [9.17, 15) is 19.4 Å². The van der Waals surface area contributed by atoms with Gasteiger partial charge in [0.1, 0.15) is 5.78 Å². The topological polar surface area (TPSA) is 125 Å². The van der Waals surface area contributed by atoms with Gasteiger partial charge < -0.3 is 14.5 Å². The molecular weight excluding hydrogens is 321 g/mol. The van der Waals surface area contributed by atoms with Crippen LogP contribution in [0.1, 0.15) is 46.5 Å². The quantitative estimate of drug-likeness (QED) is 0.459. The molecular formula is C15H26NO6P. The second-order valence-corrected chi connectivity index (χ2v) is 7.97. The second kappa shape index (κ2) is 9.17. The van der Waals surface area contributed by atoms with Gasteiger partial charge >= 0.3 is 13.6 Å². The van der Waals surface area contributed by atoms with Gasteiger partial charge in [-0.1, -0.05) is 13.8 Å². The molecule has 23 heavy (non-hydrogen) atoms. The first-order valence-corrected chi connectivity index (χ1v) is 9.34. The van der Waals surface area contributed by atoms with Crippen molar-refractivity contribution >= 4 is 19.3 Å². The molecule has 3 unspecified atom stereocenters. The zero-order valence-corrected chi connectivity index (χ0v) is 15.0. The van der Waals surface area contributed by atoms with E-state index < -0.39 is 37.0 Å². The molecule has 0 spiro atoms. The van der Waals surface area contributed by atoms with E-state index in [0.717, 1.165) is 0 Å². The van der Waals surface area contributed by atoms with Crippen molar-refractivity contribution in [1.29, 1.82) is 5.26 Å². The van der Waals surface area contributed by atoms with Gasteiger partial charge in [-0.05, 0) is 26.2 Å². The molecule has 0 aromatic carbocycles. The highest BCUT2D eigenvalue weighted by Gasteiger charge is 2.34. The number of nitriles is 1. The third kappa shape index (κ3) is 8.26. The van der Waals surface area contributed by atoms with Crippen molar-refractivity contribution in [2.75, 3.05) is 13.3 Å². The molecule has 0 aliphatic heterocycles. The lowest BCUT2D eigenvalue weighted by atomic mass is 9.75. The van der Waals surface area contributed by atoms with E-state index in [1.165, 1.54) is 7.11 Å². The van der Waals surface area contributed by atoms with Crippen molar-refractivity contribution < 1.29 is 28.7 Å². The van der Waals surface area contributed by atoms with E-state index >= 15 is 0 Å². The molecule has 0 heterocycles. The van der Waals surface area contributed by atoms with E-state index in [1.807, 2.05) is 0 Å². The van der Waals surface area contributed by atoms with Crippen molar-refractivity contribution in [3.05, 3.63) is 0 Å². The second-order valence-electron chi connectivity index (χ2n) is 6.19.